The number of hydrogen-bond donors (Lipinski definition) is 2. The molecule has 9 heteroatoms. The van der Waals surface area contributed by atoms with Gasteiger partial charge in [0, 0.05) is 55.0 Å². The summed E-state index contributed by atoms with van der Waals surface area (Å²) in [5.74, 6) is -2.79. The van der Waals surface area contributed by atoms with Gasteiger partial charge in [-0.25, -0.2) is 9.59 Å². The minimum Gasteiger partial charge on any atom is -0.478 e. The van der Waals surface area contributed by atoms with E-state index in [2.05, 4.69) is 60.8 Å². The number of carbonyl (C=O) groups excluding carboxylic acids is 1. The highest BCUT2D eigenvalue weighted by Gasteiger charge is 2.37. The second-order valence-electron chi connectivity index (χ2n) is 10.8. The maximum absolute atomic E-state index is 13.1. The molecule has 5 rings (SSSR count). The van der Waals surface area contributed by atoms with Crippen LogP contribution in [0.2, 0.25) is 0 Å². The Morgan fingerprint density at radius 2 is 1.67 bits per heavy atom. The van der Waals surface area contributed by atoms with E-state index in [0.717, 1.165) is 38.6 Å². The Morgan fingerprint density at radius 1 is 1.03 bits per heavy atom. The Kier molecular flexibility index (Phi) is 8.92. The number of carbonyl (C=O) groups is 3. The summed E-state index contributed by atoms with van der Waals surface area (Å²) in [7, 11) is 3.91. The second kappa shape index (κ2) is 12.2. The number of esters is 1. The van der Waals surface area contributed by atoms with Crippen molar-refractivity contribution >= 4 is 34.4 Å². The molecule has 0 amide bonds. The molecule has 0 radical (unpaired) electrons. The van der Waals surface area contributed by atoms with E-state index in [4.69, 9.17) is 19.7 Å². The number of carboxylic acid groups (broad SMARTS) is 2. The Hall–Kier alpha value is -3.43. The van der Waals surface area contributed by atoms with E-state index in [1.54, 1.807) is 7.11 Å². The van der Waals surface area contributed by atoms with Crippen molar-refractivity contribution < 1.29 is 34.1 Å². The smallest absolute Gasteiger partial charge is 0.328 e. The molecule has 9 nitrogen and oxygen atoms in total. The first-order valence-electron chi connectivity index (χ1n) is 13.5. The molecule has 0 saturated heterocycles. The monoisotopic (exact) mass is 538 g/mol. The fourth-order valence-electron chi connectivity index (χ4n) is 5.94. The van der Waals surface area contributed by atoms with Crippen LogP contribution in [0.5, 0.6) is 0 Å². The Bertz CT molecular complexity index is 1270. The van der Waals surface area contributed by atoms with Gasteiger partial charge in [0.1, 0.15) is 6.10 Å². The zero-order valence-electron chi connectivity index (χ0n) is 23.0. The number of carboxylic acids is 2. The number of aliphatic carboxylic acids is 2. The van der Waals surface area contributed by atoms with Crippen LogP contribution in [-0.2, 0) is 30.3 Å². The molecular formula is C30H38N2O7. The normalized spacial score (nSPS) is 24.6. The fourth-order valence-corrected chi connectivity index (χ4v) is 5.94. The van der Waals surface area contributed by atoms with Crippen LogP contribution in [0, 0.1) is 5.92 Å². The lowest BCUT2D eigenvalue weighted by Gasteiger charge is -2.39. The zero-order chi connectivity index (χ0) is 28.3. The van der Waals surface area contributed by atoms with Crippen molar-refractivity contribution in [1.82, 2.24) is 9.47 Å². The molecule has 2 N–H and O–H groups in total. The van der Waals surface area contributed by atoms with Gasteiger partial charge in [-0.05, 0) is 75.8 Å². The molecule has 1 aromatic heterocycles. The second-order valence-corrected chi connectivity index (χ2v) is 10.8. The van der Waals surface area contributed by atoms with E-state index >= 15 is 0 Å². The van der Waals surface area contributed by atoms with Crippen molar-refractivity contribution in [2.24, 2.45) is 5.92 Å². The lowest BCUT2D eigenvalue weighted by atomic mass is 9.80. The van der Waals surface area contributed by atoms with Gasteiger partial charge in [0.2, 0.25) is 0 Å². The highest BCUT2D eigenvalue weighted by Crippen LogP contribution is 2.42. The van der Waals surface area contributed by atoms with E-state index in [1.807, 2.05) is 0 Å². The van der Waals surface area contributed by atoms with Gasteiger partial charge in [-0.2, -0.15) is 0 Å². The molecule has 0 spiro atoms. The van der Waals surface area contributed by atoms with Crippen LogP contribution < -0.4 is 0 Å². The van der Waals surface area contributed by atoms with Gasteiger partial charge in [-0.3, -0.25) is 9.69 Å². The van der Waals surface area contributed by atoms with E-state index in [-0.39, 0.29) is 18.0 Å². The van der Waals surface area contributed by atoms with E-state index in [0.29, 0.717) is 30.3 Å². The Morgan fingerprint density at radius 3 is 2.26 bits per heavy atom. The van der Waals surface area contributed by atoms with Crippen molar-refractivity contribution in [1.29, 1.82) is 0 Å². The minimum absolute atomic E-state index is 0.0294. The first-order chi connectivity index (χ1) is 18.6. The Balaban J connectivity index is 0.000000386. The topological polar surface area (TPSA) is 118 Å². The van der Waals surface area contributed by atoms with Gasteiger partial charge < -0.3 is 24.3 Å². The van der Waals surface area contributed by atoms with Gasteiger partial charge in [0.15, 0.2) is 0 Å². The van der Waals surface area contributed by atoms with Gasteiger partial charge in [0.25, 0.3) is 0 Å². The molecule has 1 saturated carbocycles. The van der Waals surface area contributed by atoms with Crippen molar-refractivity contribution in [2.75, 3.05) is 20.7 Å². The summed E-state index contributed by atoms with van der Waals surface area (Å²) in [6, 6.07) is 7.34. The molecule has 1 fully saturated rings. The van der Waals surface area contributed by atoms with Crippen molar-refractivity contribution in [3.05, 3.63) is 53.8 Å². The molecule has 0 bridgehead atoms. The standard InChI is InChI=1S/C26H34N2O3.C4H4O4/c1-16(2)28-15-17-13-24-22(21-6-5-7-23(28)25(17)21)12-18(14-27(24)3)26(29)31-20-10-8-19(30-4)9-11-20;5-3(6)1-2-4(7)8/h5-7,12,15-16,18-20,24H,8-11,13-14H2,1-4H3;1-2H,(H,5,6)(H,7,8)/b;2-1-/t18-,19-,20-,24-;/m1./s1. The molecule has 3 aliphatic rings. The number of aromatic nitrogens is 1. The predicted octanol–water partition coefficient (Wildman–Crippen LogP) is 4.30. The molecule has 2 atom stereocenters. The van der Waals surface area contributed by atoms with Gasteiger partial charge in [-0.1, -0.05) is 18.2 Å². The first kappa shape index (κ1) is 28.6. The molecule has 2 heterocycles. The Labute approximate surface area is 228 Å². The highest BCUT2D eigenvalue weighted by atomic mass is 16.5. The maximum atomic E-state index is 13.1. The summed E-state index contributed by atoms with van der Waals surface area (Å²) < 4.78 is 13.8. The van der Waals surface area contributed by atoms with Crippen molar-refractivity contribution in [3.8, 4) is 0 Å². The van der Waals surface area contributed by atoms with Gasteiger partial charge in [-0.15, -0.1) is 0 Å². The molecule has 0 unspecified atom stereocenters. The summed E-state index contributed by atoms with van der Waals surface area (Å²) in [4.78, 5) is 34.5. The summed E-state index contributed by atoms with van der Waals surface area (Å²) >= 11 is 0. The third-order valence-corrected chi connectivity index (χ3v) is 7.88. The number of fused-ring (bicyclic) bond motifs is 2. The minimum atomic E-state index is -1.26. The van der Waals surface area contributed by atoms with E-state index in [1.165, 1.54) is 27.6 Å². The summed E-state index contributed by atoms with van der Waals surface area (Å²) in [6.07, 6.45) is 10.7. The average molecular weight is 539 g/mol. The summed E-state index contributed by atoms with van der Waals surface area (Å²) in [5, 5.41) is 17.0. The van der Waals surface area contributed by atoms with Crippen LogP contribution in [0.3, 0.4) is 0 Å². The first-order valence-corrected chi connectivity index (χ1v) is 13.5. The molecule has 2 aromatic rings. The molecule has 2 aliphatic carbocycles. The van der Waals surface area contributed by atoms with Crippen LogP contribution in [0.25, 0.3) is 16.5 Å². The predicted molar refractivity (Wildman–Crippen MR) is 147 cm³/mol. The SMILES string of the molecule is CO[C@H]1CC[C@H](OC(=O)[C@@H]2C=C3c4cccc5c4c(cn5C(C)C)C[C@H]3N(C)C2)CC1.O=C(O)/C=C\C(=O)O. The van der Waals surface area contributed by atoms with Crippen molar-refractivity contribution in [2.45, 2.75) is 70.2 Å². The number of nitrogens with zero attached hydrogens (tertiary/aromatic N) is 2. The quantitative estimate of drug-likeness (QED) is 0.413. The van der Waals surface area contributed by atoms with Crippen LogP contribution in [0.4, 0.5) is 0 Å². The summed E-state index contributed by atoms with van der Waals surface area (Å²) in [5.41, 5.74) is 5.29. The molecule has 1 aliphatic heterocycles. The van der Waals surface area contributed by atoms with Crippen LogP contribution >= 0.6 is 0 Å². The number of hydrogen-bond acceptors (Lipinski definition) is 6. The van der Waals surface area contributed by atoms with Crippen LogP contribution in [0.1, 0.15) is 56.7 Å². The molecule has 210 valence electrons. The number of ether oxygens (including phenoxy) is 2. The van der Waals surface area contributed by atoms with Crippen molar-refractivity contribution in [3.63, 3.8) is 0 Å². The van der Waals surface area contributed by atoms with Crippen LogP contribution in [0.15, 0.2) is 42.6 Å². The zero-order valence-corrected chi connectivity index (χ0v) is 23.0. The highest BCUT2D eigenvalue weighted by molar-refractivity contribution is 5.99. The van der Waals surface area contributed by atoms with E-state index < -0.39 is 11.9 Å². The van der Waals surface area contributed by atoms with Gasteiger partial charge in [0.05, 0.1) is 12.0 Å². The lowest BCUT2D eigenvalue weighted by Crippen LogP contribution is -2.45. The molecule has 39 heavy (non-hydrogen) atoms. The summed E-state index contributed by atoms with van der Waals surface area (Å²) in [6.45, 7) is 5.19. The largest absolute Gasteiger partial charge is 0.478 e. The fraction of sp³-hybridized carbons (Fsp3) is 0.500. The molecular weight excluding hydrogens is 500 g/mol. The maximum Gasteiger partial charge on any atom is 0.328 e. The third kappa shape index (κ3) is 6.42. The molecule has 1 aromatic carbocycles. The third-order valence-electron chi connectivity index (χ3n) is 7.88. The van der Waals surface area contributed by atoms with E-state index in [9.17, 15) is 14.4 Å². The number of likely N-dealkylation sites (N-methyl/N-ethyl adjacent to an activating group) is 1. The van der Waals surface area contributed by atoms with Crippen LogP contribution in [-0.4, -0.2) is 76.5 Å². The average Bonchev–Trinajstić information content (AvgIpc) is 3.29. The number of benzene rings is 1. The van der Waals surface area contributed by atoms with Gasteiger partial charge >= 0.3 is 17.9 Å². The number of rotatable bonds is 6. The number of methoxy groups -OCH3 is 1. The lowest BCUT2D eigenvalue weighted by molar-refractivity contribution is -0.155.